The van der Waals surface area contributed by atoms with Crippen LogP contribution >= 0.6 is 23.2 Å². The number of halogens is 2. The van der Waals surface area contributed by atoms with Gasteiger partial charge in [0.1, 0.15) is 10.8 Å². The van der Waals surface area contributed by atoms with Gasteiger partial charge in [0, 0.05) is 64.6 Å². The Kier molecular flexibility index (Phi) is 12.1. The SMILES string of the molecule is C[N-]S(=O)NC(=O)c1ccc(CCn2c(/C=C/c3cccc(OC)c3)c(Cl)cc(Cl)c2=O)cc1.[Pr]. The van der Waals surface area contributed by atoms with Gasteiger partial charge in [-0.15, -0.1) is 0 Å². The van der Waals surface area contributed by atoms with Gasteiger partial charge in [0.15, 0.2) is 0 Å². The summed E-state index contributed by atoms with van der Waals surface area (Å²) in [5.74, 6) is 0.229. The van der Waals surface area contributed by atoms with Crippen LogP contribution in [0.3, 0.4) is 0 Å². The van der Waals surface area contributed by atoms with E-state index in [1.165, 1.54) is 17.7 Å². The molecule has 11 heteroatoms. The number of hydrogen-bond donors (Lipinski definition) is 1. The van der Waals surface area contributed by atoms with Crippen LogP contribution in [0.4, 0.5) is 0 Å². The maximum Gasteiger partial charge on any atom is 0.269 e. The molecule has 1 N–H and O–H groups in total. The Hall–Kier alpha value is -1.55. The second-order valence-electron chi connectivity index (χ2n) is 7.10. The molecule has 1 aromatic heterocycles. The Labute approximate surface area is 249 Å². The Bertz CT molecular complexity index is 1300. The molecule has 0 spiro atoms. The van der Waals surface area contributed by atoms with Crippen LogP contribution in [0, 0.1) is 41.3 Å². The molecule has 1 heterocycles. The number of nitrogens with zero attached hydrogens (tertiary/aromatic N) is 2. The van der Waals surface area contributed by atoms with Gasteiger partial charge in [-0.2, -0.15) is 7.05 Å². The molecule has 3 rings (SSSR count). The van der Waals surface area contributed by atoms with Gasteiger partial charge in [-0.1, -0.05) is 53.5 Å². The Morgan fingerprint density at radius 1 is 1.11 bits per heavy atom. The van der Waals surface area contributed by atoms with Crippen LogP contribution in [0.5, 0.6) is 5.75 Å². The molecule has 0 fully saturated rings. The number of aryl methyl sites for hydroxylation is 1. The number of hydrogen-bond acceptors (Lipinski definition) is 4. The van der Waals surface area contributed by atoms with Gasteiger partial charge in [-0.25, -0.2) is 0 Å². The number of ether oxygens (including phenoxy) is 1. The fourth-order valence-corrected chi connectivity index (χ4v) is 4.08. The molecular weight excluding hydrogens is 638 g/mol. The maximum absolute atomic E-state index is 12.8. The third kappa shape index (κ3) is 8.24. The summed E-state index contributed by atoms with van der Waals surface area (Å²) in [6.45, 7) is 0.321. The van der Waals surface area contributed by atoms with Crippen molar-refractivity contribution in [3.05, 3.63) is 102 Å². The summed E-state index contributed by atoms with van der Waals surface area (Å²) in [6.07, 6.45) is 4.10. The van der Waals surface area contributed by atoms with E-state index in [1.807, 2.05) is 30.3 Å². The quantitative estimate of drug-likeness (QED) is 0.354. The third-order valence-electron chi connectivity index (χ3n) is 4.95. The molecule has 181 valence electrons. The van der Waals surface area contributed by atoms with Gasteiger partial charge in [0.25, 0.3) is 11.5 Å². The standard InChI is InChI=1S/C24H22Cl2N3O4S.Pr/c1-27-34(32)28-23(30)18-9-6-16(7-10-18)12-13-29-22(20(25)15-21(26)24(29)31)11-8-17-4-3-5-19(14-17)33-2;/h3-11,14-15H,12-13H2,1-2H3,(H,28,30);/q-1;/b11-8+;. The second-order valence-corrected chi connectivity index (χ2v) is 8.98. The molecule has 1 atom stereocenters. The number of pyridine rings is 1. The van der Waals surface area contributed by atoms with Gasteiger partial charge < -0.3 is 14.0 Å². The minimum absolute atomic E-state index is 0. The normalized spacial score (nSPS) is 11.7. The average molecular weight is 660 g/mol. The van der Waals surface area contributed by atoms with Crippen LogP contribution in [-0.2, 0) is 24.1 Å². The van der Waals surface area contributed by atoms with Crippen molar-refractivity contribution in [1.82, 2.24) is 9.29 Å². The summed E-state index contributed by atoms with van der Waals surface area (Å²) in [5, 5.41) is 0.384. The molecule has 0 bridgehead atoms. The predicted octanol–water partition coefficient (Wildman–Crippen LogP) is 4.89. The number of aromatic nitrogens is 1. The Balaban J connectivity index is 0.00000432. The predicted molar refractivity (Wildman–Crippen MR) is 138 cm³/mol. The topological polar surface area (TPSA) is 91.5 Å². The van der Waals surface area contributed by atoms with E-state index in [0.29, 0.717) is 35.0 Å². The van der Waals surface area contributed by atoms with Crippen molar-refractivity contribution in [2.45, 2.75) is 13.0 Å². The first-order chi connectivity index (χ1) is 16.3. The minimum atomic E-state index is -1.77. The van der Waals surface area contributed by atoms with Gasteiger partial charge in [0.05, 0.1) is 17.8 Å². The van der Waals surface area contributed by atoms with E-state index in [0.717, 1.165) is 11.1 Å². The van der Waals surface area contributed by atoms with E-state index in [4.69, 9.17) is 27.9 Å². The van der Waals surface area contributed by atoms with Crippen LogP contribution in [0.2, 0.25) is 10.0 Å². The van der Waals surface area contributed by atoms with Gasteiger partial charge in [0.2, 0.25) is 0 Å². The molecule has 2 aromatic carbocycles. The first-order valence-corrected chi connectivity index (χ1v) is 12.0. The molecule has 0 aliphatic heterocycles. The minimum Gasteiger partial charge on any atom is -0.560 e. The molecule has 0 aliphatic rings. The van der Waals surface area contributed by atoms with Crippen LogP contribution in [0.1, 0.15) is 27.2 Å². The Morgan fingerprint density at radius 3 is 2.49 bits per heavy atom. The molecule has 35 heavy (non-hydrogen) atoms. The number of carbonyl (C=O) groups excluding carboxylic acids is 1. The van der Waals surface area contributed by atoms with E-state index < -0.39 is 17.1 Å². The van der Waals surface area contributed by atoms with E-state index in [2.05, 4.69) is 9.44 Å². The summed E-state index contributed by atoms with van der Waals surface area (Å²) in [4.78, 5) is 24.8. The molecule has 1 amide bonds. The average Bonchev–Trinajstić information content (AvgIpc) is 2.85. The van der Waals surface area contributed by atoms with Crippen molar-refractivity contribution in [2.75, 3.05) is 14.2 Å². The van der Waals surface area contributed by atoms with Crippen molar-refractivity contribution in [3.8, 4) is 5.75 Å². The van der Waals surface area contributed by atoms with E-state index in [-0.39, 0.29) is 51.9 Å². The molecule has 3 aromatic rings. The van der Waals surface area contributed by atoms with Crippen molar-refractivity contribution in [3.63, 3.8) is 0 Å². The van der Waals surface area contributed by atoms with Crippen LogP contribution < -0.4 is 15.0 Å². The number of benzene rings is 2. The largest absolute Gasteiger partial charge is 0.560 e. The van der Waals surface area contributed by atoms with Crippen molar-refractivity contribution < 1.29 is 55.0 Å². The first-order valence-electron chi connectivity index (χ1n) is 10.1. The van der Waals surface area contributed by atoms with E-state index >= 15 is 0 Å². The molecular formula is C24H22Cl2N3O4PrS-. The zero-order valence-electron chi connectivity index (χ0n) is 19.0. The summed E-state index contributed by atoms with van der Waals surface area (Å²) in [5.41, 5.74) is 2.31. The van der Waals surface area contributed by atoms with Crippen LogP contribution in [0.15, 0.2) is 59.4 Å². The fourth-order valence-electron chi connectivity index (χ4n) is 3.17. The maximum atomic E-state index is 12.8. The van der Waals surface area contributed by atoms with Gasteiger partial charge in [-0.3, -0.25) is 18.5 Å². The molecule has 7 nitrogen and oxygen atoms in total. The smallest absolute Gasteiger partial charge is 0.269 e. The monoisotopic (exact) mass is 659 g/mol. The second kappa shape index (κ2) is 14.3. The third-order valence-corrected chi connectivity index (χ3v) is 6.22. The van der Waals surface area contributed by atoms with Crippen LogP contribution in [-0.4, -0.2) is 28.8 Å². The van der Waals surface area contributed by atoms with E-state index in [9.17, 15) is 13.8 Å². The summed E-state index contributed by atoms with van der Waals surface area (Å²) < 4.78 is 23.9. The summed E-state index contributed by atoms with van der Waals surface area (Å²) in [7, 11) is 2.95. The molecule has 1 unspecified atom stereocenters. The van der Waals surface area contributed by atoms with Crippen LogP contribution in [0.25, 0.3) is 16.9 Å². The van der Waals surface area contributed by atoms with E-state index in [1.54, 1.807) is 37.5 Å². The number of carbonyl (C=O) groups is 1. The van der Waals surface area contributed by atoms with Gasteiger partial charge in [-0.05, 0) is 54.0 Å². The molecule has 0 aliphatic carbocycles. The van der Waals surface area contributed by atoms with Crippen molar-refractivity contribution in [2.24, 2.45) is 0 Å². The molecule has 0 saturated carbocycles. The zero-order chi connectivity index (χ0) is 24.7. The van der Waals surface area contributed by atoms with Crippen molar-refractivity contribution in [1.29, 1.82) is 0 Å². The fraction of sp³-hybridized carbons (Fsp3) is 0.167. The summed E-state index contributed by atoms with van der Waals surface area (Å²) in [6, 6.07) is 15.7. The number of amides is 1. The summed E-state index contributed by atoms with van der Waals surface area (Å²) >= 11 is 10.8. The Morgan fingerprint density at radius 2 is 1.83 bits per heavy atom. The zero-order valence-corrected chi connectivity index (χ0v) is 25.1. The first kappa shape index (κ1) is 29.7. The molecule has 0 saturated heterocycles. The molecule has 1 radical (unpaired) electrons. The van der Waals surface area contributed by atoms with Gasteiger partial charge >= 0.3 is 0 Å². The number of nitrogens with one attached hydrogen (secondary N) is 1. The van der Waals surface area contributed by atoms with Crippen molar-refractivity contribution >= 4 is 52.4 Å². The number of methoxy groups -OCH3 is 1. The number of rotatable bonds is 9.